The molecule has 3 rings (SSSR count). The number of rotatable bonds is 11. The first kappa shape index (κ1) is 20.8. The van der Waals surface area contributed by atoms with Gasteiger partial charge in [-0.3, -0.25) is 4.79 Å². The zero-order valence-electron chi connectivity index (χ0n) is 16.2. The second-order valence-electron chi connectivity index (χ2n) is 8.06. The Hall–Kier alpha value is -1.92. The van der Waals surface area contributed by atoms with Crippen LogP contribution in [0.3, 0.4) is 0 Å². The van der Waals surface area contributed by atoms with Crippen molar-refractivity contribution in [1.29, 1.82) is 0 Å². The first-order valence-corrected chi connectivity index (χ1v) is 10.2. The van der Waals surface area contributed by atoms with Gasteiger partial charge < -0.3 is 19.7 Å². The number of para-hydroxylation sites is 1. The van der Waals surface area contributed by atoms with Gasteiger partial charge in [0, 0.05) is 18.9 Å². The van der Waals surface area contributed by atoms with Gasteiger partial charge in [-0.2, -0.15) is 0 Å². The van der Waals surface area contributed by atoms with Gasteiger partial charge in [-0.1, -0.05) is 18.2 Å². The third kappa shape index (κ3) is 5.55. The summed E-state index contributed by atoms with van der Waals surface area (Å²) in [6.07, 6.45) is 4.01. The minimum absolute atomic E-state index is 0.152. The zero-order chi connectivity index (χ0) is 19.9. The van der Waals surface area contributed by atoms with Crippen molar-refractivity contribution < 1.29 is 29.3 Å². The average molecular weight is 390 g/mol. The van der Waals surface area contributed by atoms with Crippen molar-refractivity contribution >= 4 is 11.8 Å². The molecule has 0 saturated heterocycles. The quantitative estimate of drug-likeness (QED) is 0.565. The summed E-state index contributed by atoms with van der Waals surface area (Å²) >= 11 is 0. The molecular formula is C22H30O6. The van der Waals surface area contributed by atoms with Crippen molar-refractivity contribution in [2.45, 2.75) is 44.6 Å². The highest BCUT2D eigenvalue weighted by Gasteiger charge is 2.50. The number of ketones is 1. The van der Waals surface area contributed by atoms with Crippen LogP contribution < -0.4 is 4.74 Å². The highest BCUT2D eigenvalue weighted by Crippen LogP contribution is 2.51. The normalized spacial score (nSPS) is 28.8. The summed E-state index contributed by atoms with van der Waals surface area (Å²) in [5.41, 5.74) is 0. The molecule has 0 radical (unpaired) electrons. The van der Waals surface area contributed by atoms with Gasteiger partial charge in [-0.25, -0.2) is 4.79 Å². The van der Waals surface area contributed by atoms with Gasteiger partial charge >= 0.3 is 5.97 Å². The van der Waals surface area contributed by atoms with E-state index in [2.05, 4.69) is 0 Å². The predicted octanol–water partition coefficient (Wildman–Crippen LogP) is 2.93. The van der Waals surface area contributed by atoms with Crippen molar-refractivity contribution in [3.05, 3.63) is 30.3 Å². The van der Waals surface area contributed by atoms with Gasteiger partial charge in [-0.05, 0) is 62.0 Å². The molecular weight excluding hydrogens is 360 g/mol. The van der Waals surface area contributed by atoms with Crippen LogP contribution in [0.25, 0.3) is 0 Å². The van der Waals surface area contributed by atoms with Gasteiger partial charge in [0.1, 0.15) is 18.1 Å². The number of aliphatic carboxylic acids is 1. The van der Waals surface area contributed by atoms with E-state index in [1.54, 1.807) is 0 Å². The first-order valence-electron chi connectivity index (χ1n) is 10.2. The molecule has 0 amide bonds. The summed E-state index contributed by atoms with van der Waals surface area (Å²) in [4.78, 5) is 23.2. The van der Waals surface area contributed by atoms with E-state index in [-0.39, 0.29) is 24.2 Å². The molecule has 28 heavy (non-hydrogen) atoms. The standard InChI is InChI=1S/C22H30O6/c23-19(7-4-9-28-17-5-2-1-3-6-17)22-18-12-15(8-10-27-14-21(25)26)11-16(18)13-20(22)24/h1-3,5-6,15-16,18,20,22,24H,4,7-14H2,(H,25,26)/t15?,16-,18-,20+,22+/m1/s1. The summed E-state index contributed by atoms with van der Waals surface area (Å²) < 4.78 is 10.8. The summed E-state index contributed by atoms with van der Waals surface area (Å²) in [6.45, 7) is 0.676. The smallest absolute Gasteiger partial charge is 0.329 e. The fraction of sp³-hybridized carbons (Fsp3) is 0.636. The summed E-state index contributed by atoms with van der Waals surface area (Å²) in [6, 6.07) is 9.55. The first-order chi connectivity index (χ1) is 13.5. The number of fused-ring (bicyclic) bond motifs is 1. The molecule has 0 bridgehead atoms. The molecule has 6 heteroatoms. The van der Waals surface area contributed by atoms with Crippen LogP contribution in [0.4, 0.5) is 0 Å². The van der Waals surface area contributed by atoms with Crippen molar-refractivity contribution in [2.75, 3.05) is 19.8 Å². The summed E-state index contributed by atoms with van der Waals surface area (Å²) in [5, 5.41) is 19.0. The third-order valence-electron chi connectivity index (χ3n) is 6.11. The molecule has 0 spiro atoms. The average Bonchev–Trinajstić information content (AvgIpc) is 3.18. The van der Waals surface area contributed by atoms with Crippen molar-refractivity contribution in [3.8, 4) is 5.75 Å². The maximum absolute atomic E-state index is 12.7. The number of Topliss-reactive ketones (excluding diaryl/α,β-unsaturated/α-hetero) is 1. The second-order valence-corrected chi connectivity index (χ2v) is 8.06. The maximum Gasteiger partial charge on any atom is 0.329 e. The van der Waals surface area contributed by atoms with Gasteiger partial charge in [0.2, 0.25) is 0 Å². The highest BCUT2D eigenvalue weighted by atomic mass is 16.5. The molecule has 0 aromatic heterocycles. The Labute approximate surface area is 165 Å². The van der Waals surface area contributed by atoms with Crippen molar-refractivity contribution in [2.24, 2.45) is 23.7 Å². The SMILES string of the molecule is O=C(O)COCCC1C[C@@H]2C[C@H](O)[C@H](C(=O)CCCOc3ccccc3)[C@@H]2C1. The Bertz CT molecular complexity index is 646. The van der Waals surface area contributed by atoms with Gasteiger partial charge in [0.05, 0.1) is 12.7 Å². The minimum Gasteiger partial charge on any atom is -0.494 e. The molecule has 154 valence electrons. The molecule has 0 aliphatic heterocycles. The minimum atomic E-state index is -0.951. The Kier molecular flexibility index (Phi) is 7.45. The second kappa shape index (κ2) is 10.0. The number of hydrogen-bond acceptors (Lipinski definition) is 5. The monoisotopic (exact) mass is 390 g/mol. The Morgan fingerprint density at radius 3 is 2.61 bits per heavy atom. The molecule has 1 unspecified atom stereocenters. The molecule has 0 heterocycles. The molecule has 6 nitrogen and oxygen atoms in total. The van der Waals surface area contributed by atoms with E-state index < -0.39 is 12.1 Å². The molecule has 5 atom stereocenters. The lowest BCUT2D eigenvalue weighted by Gasteiger charge is -2.21. The van der Waals surface area contributed by atoms with Crippen LogP contribution in [0.2, 0.25) is 0 Å². The molecule has 2 N–H and O–H groups in total. The van der Waals surface area contributed by atoms with E-state index >= 15 is 0 Å². The number of carboxylic acids is 1. The fourth-order valence-electron chi connectivity index (χ4n) is 4.95. The third-order valence-corrected chi connectivity index (χ3v) is 6.11. The number of carbonyl (C=O) groups excluding carboxylic acids is 1. The van der Waals surface area contributed by atoms with Crippen LogP contribution in [-0.2, 0) is 14.3 Å². The molecule has 1 aromatic carbocycles. The van der Waals surface area contributed by atoms with Crippen LogP contribution in [0, 0.1) is 23.7 Å². The Balaban J connectivity index is 1.40. The zero-order valence-corrected chi connectivity index (χ0v) is 16.2. The molecule has 2 fully saturated rings. The number of hydrogen-bond donors (Lipinski definition) is 2. The number of benzene rings is 1. The summed E-state index contributed by atoms with van der Waals surface area (Å²) in [5.74, 6) is 0.850. The lowest BCUT2D eigenvalue weighted by Crippen LogP contribution is -2.28. The van der Waals surface area contributed by atoms with E-state index in [9.17, 15) is 14.7 Å². The maximum atomic E-state index is 12.7. The van der Waals surface area contributed by atoms with Crippen LogP contribution in [0.15, 0.2) is 30.3 Å². The van der Waals surface area contributed by atoms with E-state index in [1.807, 2.05) is 30.3 Å². The number of aliphatic hydroxyl groups excluding tert-OH is 1. The van der Waals surface area contributed by atoms with E-state index in [1.165, 1.54) is 0 Å². The molecule has 1 aromatic rings. The summed E-state index contributed by atoms with van der Waals surface area (Å²) in [7, 11) is 0. The lowest BCUT2D eigenvalue weighted by atomic mass is 9.85. The Morgan fingerprint density at radius 1 is 1.07 bits per heavy atom. The highest BCUT2D eigenvalue weighted by molar-refractivity contribution is 5.82. The lowest BCUT2D eigenvalue weighted by molar-refractivity contribution is -0.142. The number of carboxylic acid groups (broad SMARTS) is 1. The van der Waals surface area contributed by atoms with Gasteiger partial charge in [-0.15, -0.1) is 0 Å². The molecule has 2 saturated carbocycles. The fourth-order valence-corrected chi connectivity index (χ4v) is 4.95. The van der Waals surface area contributed by atoms with Crippen LogP contribution >= 0.6 is 0 Å². The van der Waals surface area contributed by atoms with Crippen molar-refractivity contribution in [3.63, 3.8) is 0 Å². The van der Waals surface area contributed by atoms with E-state index in [4.69, 9.17) is 14.6 Å². The predicted molar refractivity (Wildman–Crippen MR) is 103 cm³/mol. The van der Waals surface area contributed by atoms with Crippen LogP contribution in [-0.4, -0.2) is 47.9 Å². The van der Waals surface area contributed by atoms with E-state index in [0.29, 0.717) is 44.3 Å². The molecule has 2 aliphatic carbocycles. The van der Waals surface area contributed by atoms with E-state index in [0.717, 1.165) is 25.0 Å². The molecule has 2 aliphatic rings. The van der Waals surface area contributed by atoms with Crippen LogP contribution in [0.1, 0.15) is 38.5 Å². The topological polar surface area (TPSA) is 93.1 Å². The van der Waals surface area contributed by atoms with Gasteiger partial charge in [0.15, 0.2) is 0 Å². The number of ether oxygens (including phenoxy) is 2. The van der Waals surface area contributed by atoms with Crippen LogP contribution in [0.5, 0.6) is 5.75 Å². The van der Waals surface area contributed by atoms with Gasteiger partial charge in [0.25, 0.3) is 0 Å². The van der Waals surface area contributed by atoms with Crippen molar-refractivity contribution in [1.82, 2.24) is 0 Å². The Morgan fingerprint density at radius 2 is 1.86 bits per heavy atom. The number of carbonyl (C=O) groups is 2. The number of aliphatic hydroxyl groups is 1. The largest absolute Gasteiger partial charge is 0.494 e.